The third-order valence-electron chi connectivity index (χ3n) is 4.52. The monoisotopic (exact) mass is 417 g/mol. The maximum absolute atomic E-state index is 12.2. The average Bonchev–Trinajstić information content (AvgIpc) is 2.66. The Hall–Kier alpha value is -2.33. The van der Waals surface area contributed by atoms with Crippen molar-refractivity contribution in [1.82, 2.24) is 10.2 Å². The van der Waals surface area contributed by atoms with Gasteiger partial charge in [0, 0.05) is 31.9 Å². The third-order valence-corrected chi connectivity index (χ3v) is 4.52. The molecule has 0 radical (unpaired) electrons. The first-order chi connectivity index (χ1) is 13.8. The molecule has 0 atom stereocenters. The van der Waals surface area contributed by atoms with Crippen LogP contribution in [0.2, 0.25) is 0 Å². The standard InChI is InChI=1S/C19H26F3N3O4/c1-28-12-2-9-23-18(27)14-7-10-25(11-8-14)13-17(26)24-15-3-5-16(6-4-15)29-19(20,21)22/h3-6,14H,2,7-13H2,1H3,(H,23,27)(H,24,26). The van der Waals surface area contributed by atoms with E-state index in [1.165, 1.54) is 12.1 Å². The molecule has 0 aliphatic carbocycles. The van der Waals surface area contributed by atoms with E-state index in [9.17, 15) is 22.8 Å². The van der Waals surface area contributed by atoms with E-state index < -0.39 is 6.36 Å². The number of carbonyl (C=O) groups excluding carboxylic acids is 2. The zero-order valence-electron chi connectivity index (χ0n) is 16.3. The van der Waals surface area contributed by atoms with Crippen molar-refractivity contribution in [2.45, 2.75) is 25.6 Å². The fourth-order valence-corrected chi connectivity index (χ4v) is 3.07. The highest BCUT2D eigenvalue weighted by Crippen LogP contribution is 2.24. The molecule has 162 valence electrons. The maximum Gasteiger partial charge on any atom is 0.573 e. The van der Waals surface area contributed by atoms with Crippen LogP contribution in [0.4, 0.5) is 18.9 Å². The number of hydrogen-bond acceptors (Lipinski definition) is 5. The van der Waals surface area contributed by atoms with Crippen LogP contribution >= 0.6 is 0 Å². The van der Waals surface area contributed by atoms with Crippen LogP contribution in [0.15, 0.2) is 24.3 Å². The SMILES string of the molecule is COCCCNC(=O)C1CCN(CC(=O)Nc2ccc(OC(F)(F)F)cc2)CC1. The molecule has 1 aromatic rings. The van der Waals surface area contributed by atoms with E-state index in [4.69, 9.17) is 4.74 Å². The van der Waals surface area contributed by atoms with Crippen molar-refractivity contribution in [1.29, 1.82) is 0 Å². The van der Waals surface area contributed by atoms with Gasteiger partial charge in [0.2, 0.25) is 11.8 Å². The van der Waals surface area contributed by atoms with E-state index in [1.807, 2.05) is 4.90 Å². The molecule has 2 N–H and O–H groups in total. The van der Waals surface area contributed by atoms with Crippen LogP contribution in [-0.2, 0) is 14.3 Å². The highest BCUT2D eigenvalue weighted by molar-refractivity contribution is 5.92. The van der Waals surface area contributed by atoms with Crippen molar-refractivity contribution in [2.75, 3.05) is 45.2 Å². The zero-order valence-corrected chi connectivity index (χ0v) is 16.3. The number of rotatable bonds is 9. The summed E-state index contributed by atoms with van der Waals surface area (Å²) in [5.41, 5.74) is 0.384. The molecule has 1 heterocycles. The van der Waals surface area contributed by atoms with Gasteiger partial charge in [-0.25, -0.2) is 0 Å². The van der Waals surface area contributed by atoms with Gasteiger partial charge in [-0.15, -0.1) is 13.2 Å². The predicted molar refractivity (Wildman–Crippen MR) is 100 cm³/mol. The normalized spacial score (nSPS) is 15.7. The Morgan fingerprint density at radius 2 is 1.83 bits per heavy atom. The topological polar surface area (TPSA) is 79.9 Å². The number of benzene rings is 1. The van der Waals surface area contributed by atoms with E-state index in [2.05, 4.69) is 15.4 Å². The number of carbonyl (C=O) groups is 2. The summed E-state index contributed by atoms with van der Waals surface area (Å²) in [6, 6.07) is 4.97. The number of piperidine rings is 1. The lowest BCUT2D eigenvalue weighted by Gasteiger charge is -2.30. The number of likely N-dealkylation sites (tertiary alicyclic amines) is 1. The van der Waals surface area contributed by atoms with Gasteiger partial charge in [-0.1, -0.05) is 0 Å². The van der Waals surface area contributed by atoms with Gasteiger partial charge in [0.1, 0.15) is 5.75 Å². The number of alkyl halides is 3. The summed E-state index contributed by atoms with van der Waals surface area (Å²) >= 11 is 0. The van der Waals surface area contributed by atoms with Crippen LogP contribution in [0.25, 0.3) is 0 Å². The third kappa shape index (κ3) is 8.70. The molecule has 0 saturated carbocycles. The van der Waals surface area contributed by atoms with Crippen LogP contribution in [-0.4, -0.2) is 63.0 Å². The quantitative estimate of drug-likeness (QED) is 0.603. The second-order valence-corrected chi connectivity index (χ2v) is 6.81. The molecule has 1 aliphatic rings. The number of nitrogens with one attached hydrogen (secondary N) is 2. The Labute approximate surface area is 167 Å². The molecule has 0 aromatic heterocycles. The van der Waals surface area contributed by atoms with Crippen molar-refractivity contribution >= 4 is 17.5 Å². The minimum Gasteiger partial charge on any atom is -0.406 e. The van der Waals surface area contributed by atoms with Crippen molar-refractivity contribution in [3.05, 3.63) is 24.3 Å². The van der Waals surface area contributed by atoms with Gasteiger partial charge in [-0.05, 0) is 56.6 Å². The van der Waals surface area contributed by atoms with Gasteiger partial charge < -0.3 is 20.1 Å². The molecule has 0 unspecified atom stereocenters. The summed E-state index contributed by atoms with van der Waals surface area (Å²) in [5, 5.41) is 5.54. The smallest absolute Gasteiger partial charge is 0.406 e. The molecular weight excluding hydrogens is 391 g/mol. The molecule has 10 heteroatoms. The Balaban J connectivity index is 1.69. The first-order valence-electron chi connectivity index (χ1n) is 9.41. The molecule has 1 saturated heterocycles. The number of methoxy groups -OCH3 is 1. The van der Waals surface area contributed by atoms with Gasteiger partial charge >= 0.3 is 6.36 Å². The van der Waals surface area contributed by atoms with Crippen LogP contribution < -0.4 is 15.4 Å². The molecule has 1 aromatic carbocycles. The summed E-state index contributed by atoms with van der Waals surface area (Å²) < 4.78 is 45.2. The number of nitrogens with zero attached hydrogens (tertiary/aromatic N) is 1. The number of anilines is 1. The fourth-order valence-electron chi connectivity index (χ4n) is 3.07. The summed E-state index contributed by atoms with van der Waals surface area (Å²) in [7, 11) is 1.62. The molecule has 7 nitrogen and oxygen atoms in total. The minimum atomic E-state index is -4.75. The second kappa shape index (κ2) is 11.0. The van der Waals surface area contributed by atoms with Crippen molar-refractivity contribution in [2.24, 2.45) is 5.92 Å². The predicted octanol–water partition coefficient (Wildman–Crippen LogP) is 2.39. The van der Waals surface area contributed by atoms with Crippen molar-refractivity contribution in [3.8, 4) is 5.75 Å². The van der Waals surface area contributed by atoms with Gasteiger partial charge in [-0.3, -0.25) is 14.5 Å². The Morgan fingerprint density at radius 3 is 2.41 bits per heavy atom. The van der Waals surface area contributed by atoms with Gasteiger partial charge in [-0.2, -0.15) is 0 Å². The lowest BCUT2D eigenvalue weighted by Crippen LogP contribution is -2.43. The fraction of sp³-hybridized carbons (Fsp3) is 0.579. The first-order valence-corrected chi connectivity index (χ1v) is 9.41. The van der Waals surface area contributed by atoms with Crippen LogP contribution in [0.3, 0.4) is 0 Å². The lowest BCUT2D eigenvalue weighted by atomic mass is 9.96. The van der Waals surface area contributed by atoms with E-state index in [-0.39, 0.29) is 30.0 Å². The summed E-state index contributed by atoms with van der Waals surface area (Å²) in [4.78, 5) is 26.2. The van der Waals surface area contributed by atoms with Gasteiger partial charge in [0.15, 0.2) is 0 Å². The molecule has 1 aliphatic heterocycles. The summed E-state index contributed by atoms with van der Waals surface area (Å²) in [5.74, 6) is -0.639. The Morgan fingerprint density at radius 1 is 1.17 bits per heavy atom. The first kappa shape index (κ1) is 23.0. The Kier molecular flexibility index (Phi) is 8.71. The highest BCUT2D eigenvalue weighted by atomic mass is 19.4. The van der Waals surface area contributed by atoms with Crippen molar-refractivity contribution in [3.63, 3.8) is 0 Å². The molecule has 0 bridgehead atoms. The average molecular weight is 417 g/mol. The van der Waals surface area contributed by atoms with E-state index in [1.54, 1.807) is 7.11 Å². The second-order valence-electron chi connectivity index (χ2n) is 6.81. The molecule has 2 rings (SSSR count). The molecule has 1 fully saturated rings. The number of halogens is 3. The molecule has 29 heavy (non-hydrogen) atoms. The number of ether oxygens (including phenoxy) is 2. The van der Waals surface area contributed by atoms with E-state index in [0.29, 0.717) is 44.8 Å². The molecular formula is C19H26F3N3O4. The van der Waals surface area contributed by atoms with Crippen molar-refractivity contribution < 1.29 is 32.2 Å². The van der Waals surface area contributed by atoms with Gasteiger partial charge in [0.05, 0.1) is 6.54 Å². The lowest BCUT2D eigenvalue weighted by molar-refractivity contribution is -0.274. The summed E-state index contributed by atoms with van der Waals surface area (Å²) in [6.07, 6.45) is -2.64. The Bertz CT molecular complexity index is 660. The minimum absolute atomic E-state index is 0.0337. The van der Waals surface area contributed by atoms with Crippen LogP contribution in [0, 0.1) is 5.92 Å². The molecule has 2 amide bonds. The van der Waals surface area contributed by atoms with Crippen LogP contribution in [0.1, 0.15) is 19.3 Å². The zero-order chi connectivity index (χ0) is 21.3. The largest absolute Gasteiger partial charge is 0.573 e. The number of hydrogen-bond donors (Lipinski definition) is 2. The van der Waals surface area contributed by atoms with E-state index >= 15 is 0 Å². The summed E-state index contributed by atoms with van der Waals surface area (Å²) in [6.45, 7) is 2.60. The van der Waals surface area contributed by atoms with E-state index in [0.717, 1.165) is 18.6 Å². The number of amides is 2. The maximum atomic E-state index is 12.2. The highest BCUT2D eigenvalue weighted by Gasteiger charge is 2.31. The van der Waals surface area contributed by atoms with Crippen LogP contribution in [0.5, 0.6) is 5.75 Å². The molecule has 0 spiro atoms. The van der Waals surface area contributed by atoms with Gasteiger partial charge in [0.25, 0.3) is 0 Å².